The largest absolute Gasteiger partial charge is 0.494 e. The molecule has 2 rings (SSSR count). The molecule has 0 fully saturated rings. The van der Waals surface area contributed by atoms with Crippen molar-refractivity contribution in [3.8, 4) is 17.4 Å². The van der Waals surface area contributed by atoms with Gasteiger partial charge in [0.15, 0.2) is 0 Å². The minimum Gasteiger partial charge on any atom is -0.494 e. The first-order chi connectivity index (χ1) is 9.63. The SMILES string of the molecule is CCOc1cccc(Oc2nc(C)nc(NN)c2C)c1. The van der Waals surface area contributed by atoms with Gasteiger partial charge >= 0.3 is 0 Å². The Hall–Kier alpha value is -2.34. The van der Waals surface area contributed by atoms with E-state index in [1.54, 1.807) is 6.92 Å². The minimum absolute atomic E-state index is 0.471. The minimum atomic E-state index is 0.471. The van der Waals surface area contributed by atoms with E-state index in [-0.39, 0.29) is 0 Å². The lowest BCUT2D eigenvalue weighted by molar-refractivity contribution is 0.338. The van der Waals surface area contributed by atoms with E-state index in [9.17, 15) is 0 Å². The number of ether oxygens (including phenoxy) is 2. The normalized spacial score (nSPS) is 10.2. The zero-order chi connectivity index (χ0) is 14.5. The van der Waals surface area contributed by atoms with Gasteiger partial charge in [-0.1, -0.05) is 6.07 Å². The number of hydrazine groups is 1. The van der Waals surface area contributed by atoms with Crippen molar-refractivity contribution in [2.45, 2.75) is 20.8 Å². The number of nitrogens with zero attached hydrogens (tertiary/aromatic N) is 2. The molecule has 3 N–H and O–H groups in total. The maximum atomic E-state index is 5.79. The van der Waals surface area contributed by atoms with Crippen LogP contribution in [0.5, 0.6) is 17.4 Å². The van der Waals surface area contributed by atoms with Crippen LogP contribution in [0.2, 0.25) is 0 Å². The van der Waals surface area contributed by atoms with Gasteiger partial charge < -0.3 is 14.9 Å². The summed E-state index contributed by atoms with van der Waals surface area (Å²) in [7, 11) is 0. The van der Waals surface area contributed by atoms with Gasteiger partial charge in [0.25, 0.3) is 0 Å². The van der Waals surface area contributed by atoms with Crippen LogP contribution in [0.4, 0.5) is 5.82 Å². The maximum Gasteiger partial charge on any atom is 0.227 e. The van der Waals surface area contributed by atoms with Crippen molar-refractivity contribution in [1.29, 1.82) is 0 Å². The molecule has 0 saturated carbocycles. The van der Waals surface area contributed by atoms with Crippen molar-refractivity contribution < 1.29 is 9.47 Å². The van der Waals surface area contributed by atoms with E-state index >= 15 is 0 Å². The lowest BCUT2D eigenvalue weighted by Gasteiger charge is -2.12. The molecule has 1 aromatic heterocycles. The summed E-state index contributed by atoms with van der Waals surface area (Å²) in [5.74, 6) is 8.44. The van der Waals surface area contributed by atoms with Crippen LogP contribution in [0.1, 0.15) is 18.3 Å². The van der Waals surface area contributed by atoms with Crippen molar-refractivity contribution in [1.82, 2.24) is 9.97 Å². The molecule has 6 heteroatoms. The number of rotatable bonds is 5. The molecule has 0 bridgehead atoms. The summed E-state index contributed by atoms with van der Waals surface area (Å²) >= 11 is 0. The number of hydrogen-bond acceptors (Lipinski definition) is 6. The number of nitrogen functional groups attached to an aromatic ring is 1. The van der Waals surface area contributed by atoms with E-state index in [1.165, 1.54) is 0 Å². The van der Waals surface area contributed by atoms with Crippen molar-refractivity contribution in [3.63, 3.8) is 0 Å². The quantitative estimate of drug-likeness (QED) is 0.644. The van der Waals surface area contributed by atoms with E-state index in [2.05, 4.69) is 15.4 Å². The predicted octanol–water partition coefficient (Wildman–Crippen LogP) is 2.57. The highest BCUT2D eigenvalue weighted by Crippen LogP contribution is 2.28. The molecule has 106 valence electrons. The van der Waals surface area contributed by atoms with E-state index in [0.717, 1.165) is 11.3 Å². The second kappa shape index (κ2) is 6.21. The number of nitrogens with two attached hydrogens (primary N) is 1. The Morgan fingerprint density at radius 1 is 1.20 bits per heavy atom. The Morgan fingerprint density at radius 2 is 1.95 bits per heavy atom. The van der Waals surface area contributed by atoms with E-state index in [4.69, 9.17) is 15.3 Å². The second-order valence-electron chi connectivity index (χ2n) is 4.20. The van der Waals surface area contributed by atoms with Crippen LogP contribution in [0.3, 0.4) is 0 Å². The lowest BCUT2D eigenvalue weighted by atomic mass is 10.3. The van der Waals surface area contributed by atoms with Gasteiger partial charge in [-0.3, -0.25) is 0 Å². The molecule has 0 unspecified atom stereocenters. The number of nitrogens with one attached hydrogen (secondary N) is 1. The highest BCUT2D eigenvalue weighted by Gasteiger charge is 2.10. The zero-order valence-corrected chi connectivity index (χ0v) is 11.8. The fourth-order valence-electron chi connectivity index (χ4n) is 1.75. The van der Waals surface area contributed by atoms with E-state index < -0.39 is 0 Å². The molecule has 0 spiro atoms. The molecular formula is C14H18N4O2. The van der Waals surface area contributed by atoms with Crippen LogP contribution in [-0.4, -0.2) is 16.6 Å². The Morgan fingerprint density at radius 3 is 2.65 bits per heavy atom. The molecule has 1 heterocycles. The van der Waals surface area contributed by atoms with Gasteiger partial charge in [0.05, 0.1) is 12.2 Å². The molecule has 6 nitrogen and oxygen atoms in total. The first-order valence-electron chi connectivity index (χ1n) is 6.36. The number of aromatic nitrogens is 2. The van der Waals surface area contributed by atoms with Gasteiger partial charge in [-0.2, -0.15) is 4.98 Å². The number of aryl methyl sites for hydroxylation is 1. The Kier molecular flexibility index (Phi) is 4.37. The highest BCUT2D eigenvalue weighted by molar-refractivity contribution is 5.49. The van der Waals surface area contributed by atoms with Gasteiger partial charge in [-0.25, -0.2) is 10.8 Å². The molecular weight excluding hydrogens is 256 g/mol. The molecule has 0 amide bonds. The summed E-state index contributed by atoms with van der Waals surface area (Å²) in [6.07, 6.45) is 0. The Labute approximate surface area is 117 Å². The standard InChI is InChI=1S/C14H18N4O2/c1-4-19-11-6-5-7-12(8-11)20-14-9(2)13(18-15)16-10(3)17-14/h5-8H,4,15H2,1-3H3,(H,16,17,18). The number of benzene rings is 1. The Bertz CT molecular complexity index is 602. The fourth-order valence-corrected chi connectivity index (χ4v) is 1.75. The average Bonchev–Trinajstić information content (AvgIpc) is 2.43. The molecule has 20 heavy (non-hydrogen) atoms. The summed E-state index contributed by atoms with van der Waals surface area (Å²) in [6, 6.07) is 7.40. The number of hydrogen-bond donors (Lipinski definition) is 2. The Balaban J connectivity index is 2.30. The van der Waals surface area contributed by atoms with E-state index in [1.807, 2.05) is 38.1 Å². The van der Waals surface area contributed by atoms with Crippen LogP contribution in [0.15, 0.2) is 24.3 Å². The fraction of sp³-hybridized carbons (Fsp3) is 0.286. The molecule has 2 aromatic rings. The van der Waals surface area contributed by atoms with Crippen LogP contribution in [0.25, 0.3) is 0 Å². The van der Waals surface area contributed by atoms with E-state index in [0.29, 0.717) is 29.9 Å². The van der Waals surface area contributed by atoms with Crippen molar-refractivity contribution in [2.75, 3.05) is 12.0 Å². The molecule has 0 aliphatic heterocycles. The van der Waals surface area contributed by atoms with Gasteiger partial charge in [0.2, 0.25) is 5.88 Å². The van der Waals surface area contributed by atoms with Crippen LogP contribution >= 0.6 is 0 Å². The van der Waals surface area contributed by atoms with Crippen LogP contribution < -0.4 is 20.7 Å². The van der Waals surface area contributed by atoms with Gasteiger partial charge in [0, 0.05) is 6.07 Å². The topological polar surface area (TPSA) is 82.3 Å². The molecule has 0 aliphatic carbocycles. The predicted molar refractivity (Wildman–Crippen MR) is 77.0 cm³/mol. The maximum absolute atomic E-state index is 5.79. The molecule has 1 aromatic carbocycles. The zero-order valence-electron chi connectivity index (χ0n) is 11.8. The van der Waals surface area contributed by atoms with Gasteiger partial charge in [-0.15, -0.1) is 0 Å². The average molecular weight is 274 g/mol. The summed E-state index contributed by atoms with van der Waals surface area (Å²) in [4.78, 5) is 8.47. The van der Waals surface area contributed by atoms with Crippen LogP contribution in [-0.2, 0) is 0 Å². The smallest absolute Gasteiger partial charge is 0.227 e. The summed E-state index contributed by atoms with van der Waals surface area (Å²) in [6.45, 7) is 6.17. The highest BCUT2D eigenvalue weighted by atomic mass is 16.5. The van der Waals surface area contributed by atoms with Crippen molar-refractivity contribution in [2.24, 2.45) is 5.84 Å². The monoisotopic (exact) mass is 274 g/mol. The van der Waals surface area contributed by atoms with Crippen LogP contribution in [0, 0.1) is 13.8 Å². The third kappa shape index (κ3) is 3.16. The van der Waals surface area contributed by atoms with Crippen molar-refractivity contribution >= 4 is 5.82 Å². The molecule has 0 radical (unpaired) electrons. The molecule has 0 aliphatic rings. The third-order valence-corrected chi connectivity index (χ3v) is 2.68. The number of anilines is 1. The summed E-state index contributed by atoms with van der Waals surface area (Å²) in [5.41, 5.74) is 3.29. The van der Waals surface area contributed by atoms with Crippen molar-refractivity contribution in [3.05, 3.63) is 35.7 Å². The lowest BCUT2D eigenvalue weighted by Crippen LogP contribution is -2.12. The second-order valence-corrected chi connectivity index (χ2v) is 4.20. The van der Waals surface area contributed by atoms with Gasteiger partial charge in [0.1, 0.15) is 23.1 Å². The molecule has 0 atom stereocenters. The first-order valence-corrected chi connectivity index (χ1v) is 6.36. The summed E-state index contributed by atoms with van der Waals surface area (Å²) in [5, 5.41) is 0. The molecule has 0 saturated heterocycles. The third-order valence-electron chi connectivity index (χ3n) is 2.68. The summed E-state index contributed by atoms with van der Waals surface area (Å²) < 4.78 is 11.2. The van der Waals surface area contributed by atoms with Gasteiger partial charge in [-0.05, 0) is 32.9 Å². The first kappa shape index (κ1) is 14.1.